The molecule has 0 heterocycles. The van der Waals surface area contributed by atoms with Gasteiger partial charge in [-0.2, -0.15) is 5.10 Å². The Bertz CT molecular complexity index is 1070. The average Bonchev–Trinajstić information content (AvgIpc) is 2.75. The molecule has 1 N–H and O–H groups in total. The van der Waals surface area contributed by atoms with Crippen molar-refractivity contribution >= 4 is 35.3 Å². The first-order valence-corrected chi connectivity index (χ1v) is 10.3. The van der Waals surface area contributed by atoms with Crippen LogP contribution in [0, 0.1) is 6.92 Å². The number of amides is 1. The first-order chi connectivity index (χ1) is 14.9. The molecule has 0 atom stereocenters. The zero-order valence-electron chi connectivity index (χ0n) is 17.2. The molecular weight excluding hydrogens is 435 g/mol. The Morgan fingerprint density at radius 3 is 2.39 bits per heavy atom. The van der Waals surface area contributed by atoms with E-state index < -0.39 is 0 Å². The summed E-state index contributed by atoms with van der Waals surface area (Å²) in [4.78, 5) is 12.1. The van der Waals surface area contributed by atoms with Gasteiger partial charge in [-0.05, 0) is 47.9 Å². The third-order valence-electron chi connectivity index (χ3n) is 4.44. The average molecular weight is 457 g/mol. The van der Waals surface area contributed by atoms with Crippen molar-refractivity contribution in [3.05, 3.63) is 93.0 Å². The molecule has 3 rings (SSSR count). The van der Waals surface area contributed by atoms with Crippen LogP contribution in [-0.4, -0.2) is 19.2 Å². The van der Waals surface area contributed by atoms with Gasteiger partial charge in [-0.25, -0.2) is 5.43 Å². The summed E-state index contributed by atoms with van der Waals surface area (Å²) in [5.74, 6) is 0.689. The Kier molecular flexibility index (Phi) is 7.93. The number of aryl methyl sites for hydroxylation is 1. The van der Waals surface area contributed by atoms with Crippen molar-refractivity contribution < 1.29 is 14.3 Å². The summed E-state index contributed by atoms with van der Waals surface area (Å²) < 4.78 is 11.3. The summed E-state index contributed by atoms with van der Waals surface area (Å²) in [6, 6.07) is 18.6. The molecular formula is C24H22Cl2N2O3. The van der Waals surface area contributed by atoms with Gasteiger partial charge in [-0.3, -0.25) is 4.79 Å². The van der Waals surface area contributed by atoms with E-state index >= 15 is 0 Å². The zero-order valence-corrected chi connectivity index (χ0v) is 18.7. The highest BCUT2D eigenvalue weighted by Crippen LogP contribution is 2.36. The van der Waals surface area contributed by atoms with E-state index in [0.29, 0.717) is 33.7 Å². The van der Waals surface area contributed by atoms with Crippen molar-refractivity contribution in [3.63, 3.8) is 0 Å². The van der Waals surface area contributed by atoms with Crippen LogP contribution in [-0.2, 0) is 17.8 Å². The molecule has 0 aliphatic heterocycles. The second-order valence-corrected chi connectivity index (χ2v) is 7.75. The molecule has 0 saturated carbocycles. The fourth-order valence-electron chi connectivity index (χ4n) is 2.80. The molecule has 0 fully saturated rings. The molecule has 3 aromatic carbocycles. The number of benzene rings is 3. The summed E-state index contributed by atoms with van der Waals surface area (Å²) in [5.41, 5.74) is 6.20. The van der Waals surface area contributed by atoms with Gasteiger partial charge in [0.2, 0.25) is 5.91 Å². The number of hydrogen-bond acceptors (Lipinski definition) is 4. The Hall–Kier alpha value is -3.02. The predicted molar refractivity (Wildman–Crippen MR) is 124 cm³/mol. The molecule has 0 unspecified atom stereocenters. The zero-order chi connectivity index (χ0) is 22.2. The smallest absolute Gasteiger partial charge is 0.244 e. The van der Waals surface area contributed by atoms with Crippen LogP contribution in [0.2, 0.25) is 10.0 Å². The molecule has 31 heavy (non-hydrogen) atoms. The maximum atomic E-state index is 12.1. The minimum absolute atomic E-state index is 0.207. The molecule has 7 heteroatoms. The molecule has 0 spiro atoms. The van der Waals surface area contributed by atoms with Crippen LogP contribution >= 0.6 is 23.2 Å². The predicted octanol–water partition coefficient (Wildman–Crippen LogP) is 5.58. The highest BCUT2D eigenvalue weighted by atomic mass is 35.5. The molecule has 160 valence electrons. The van der Waals surface area contributed by atoms with Crippen LogP contribution in [0.3, 0.4) is 0 Å². The minimum Gasteiger partial charge on any atom is -0.493 e. The van der Waals surface area contributed by atoms with Crippen molar-refractivity contribution in [1.29, 1.82) is 0 Å². The van der Waals surface area contributed by atoms with Gasteiger partial charge in [0.1, 0.15) is 6.61 Å². The lowest BCUT2D eigenvalue weighted by molar-refractivity contribution is -0.120. The first kappa shape index (κ1) is 22.7. The normalized spacial score (nSPS) is 10.8. The number of halogens is 2. The monoisotopic (exact) mass is 456 g/mol. The van der Waals surface area contributed by atoms with E-state index in [-0.39, 0.29) is 12.3 Å². The van der Waals surface area contributed by atoms with Crippen LogP contribution in [0.4, 0.5) is 0 Å². The number of nitrogens with zero attached hydrogens (tertiary/aromatic N) is 1. The Labute approximate surface area is 191 Å². The van der Waals surface area contributed by atoms with E-state index in [9.17, 15) is 4.79 Å². The molecule has 0 aliphatic carbocycles. The molecule has 0 radical (unpaired) electrons. The second-order valence-electron chi connectivity index (χ2n) is 6.90. The van der Waals surface area contributed by atoms with Crippen molar-refractivity contribution in [1.82, 2.24) is 5.43 Å². The van der Waals surface area contributed by atoms with Gasteiger partial charge in [-0.1, -0.05) is 65.2 Å². The number of carbonyl (C=O) groups is 1. The van der Waals surface area contributed by atoms with Crippen LogP contribution in [0.15, 0.2) is 65.8 Å². The van der Waals surface area contributed by atoms with Crippen molar-refractivity contribution in [2.45, 2.75) is 20.0 Å². The Morgan fingerprint density at radius 1 is 1.03 bits per heavy atom. The van der Waals surface area contributed by atoms with Gasteiger partial charge in [0.05, 0.1) is 24.8 Å². The number of rotatable bonds is 8. The van der Waals surface area contributed by atoms with Crippen LogP contribution < -0.4 is 14.9 Å². The molecule has 1 amide bonds. The fourth-order valence-corrected chi connectivity index (χ4v) is 3.20. The van der Waals surface area contributed by atoms with E-state index in [0.717, 1.165) is 16.7 Å². The van der Waals surface area contributed by atoms with Crippen molar-refractivity contribution in [2.75, 3.05) is 7.11 Å². The van der Waals surface area contributed by atoms with E-state index in [4.69, 9.17) is 32.7 Å². The van der Waals surface area contributed by atoms with E-state index in [2.05, 4.69) is 10.5 Å². The maximum absolute atomic E-state index is 12.1. The lowest BCUT2D eigenvalue weighted by atomic mass is 10.1. The third kappa shape index (κ3) is 6.74. The van der Waals surface area contributed by atoms with Crippen molar-refractivity contribution in [3.8, 4) is 11.5 Å². The first-order valence-electron chi connectivity index (χ1n) is 9.57. The summed E-state index contributed by atoms with van der Waals surface area (Å²) in [6.07, 6.45) is 1.75. The molecule has 0 aliphatic rings. The standard InChI is InChI=1S/C24H22Cl2N2O3/c1-16-3-5-17(6-4-16)13-23(29)28-27-14-19-11-21(26)24(22(12-19)30-2)31-15-18-7-9-20(25)10-8-18/h3-12,14H,13,15H2,1-2H3,(H,28,29)/b27-14+. The highest BCUT2D eigenvalue weighted by molar-refractivity contribution is 6.32. The van der Waals surface area contributed by atoms with E-state index in [1.807, 2.05) is 43.3 Å². The van der Waals surface area contributed by atoms with E-state index in [1.165, 1.54) is 13.3 Å². The molecule has 3 aromatic rings. The fraction of sp³-hybridized carbons (Fsp3) is 0.167. The summed E-state index contributed by atoms with van der Waals surface area (Å²) >= 11 is 12.3. The number of methoxy groups -OCH3 is 1. The van der Waals surface area contributed by atoms with Gasteiger partial charge < -0.3 is 9.47 Å². The minimum atomic E-state index is -0.207. The van der Waals surface area contributed by atoms with Gasteiger partial charge >= 0.3 is 0 Å². The summed E-state index contributed by atoms with van der Waals surface area (Å²) in [7, 11) is 1.53. The Balaban J connectivity index is 1.62. The number of ether oxygens (including phenoxy) is 2. The van der Waals surface area contributed by atoms with Crippen LogP contribution in [0.5, 0.6) is 11.5 Å². The quantitative estimate of drug-likeness (QED) is 0.355. The van der Waals surface area contributed by atoms with Crippen LogP contribution in [0.25, 0.3) is 0 Å². The van der Waals surface area contributed by atoms with Gasteiger partial charge in [0.25, 0.3) is 0 Å². The molecule has 5 nitrogen and oxygen atoms in total. The largest absolute Gasteiger partial charge is 0.493 e. The second kappa shape index (κ2) is 10.8. The van der Waals surface area contributed by atoms with Gasteiger partial charge in [0, 0.05) is 5.02 Å². The number of hydrogen-bond donors (Lipinski definition) is 1. The SMILES string of the molecule is COc1cc(/C=N/NC(=O)Cc2ccc(C)cc2)cc(Cl)c1OCc1ccc(Cl)cc1. The summed E-state index contributed by atoms with van der Waals surface area (Å²) in [5, 5.41) is 5.05. The number of carbonyl (C=O) groups excluding carboxylic acids is 1. The number of nitrogens with one attached hydrogen (secondary N) is 1. The Morgan fingerprint density at radius 2 is 1.71 bits per heavy atom. The molecule has 0 aromatic heterocycles. The van der Waals surface area contributed by atoms with Crippen molar-refractivity contribution in [2.24, 2.45) is 5.10 Å². The van der Waals surface area contributed by atoms with E-state index in [1.54, 1.807) is 24.3 Å². The topological polar surface area (TPSA) is 59.9 Å². The lowest BCUT2D eigenvalue weighted by Gasteiger charge is -2.13. The maximum Gasteiger partial charge on any atom is 0.244 e. The van der Waals surface area contributed by atoms with Gasteiger partial charge in [-0.15, -0.1) is 0 Å². The molecule has 0 bridgehead atoms. The number of hydrazone groups is 1. The highest BCUT2D eigenvalue weighted by Gasteiger charge is 2.12. The molecule has 0 saturated heterocycles. The van der Waals surface area contributed by atoms with Gasteiger partial charge in [0.15, 0.2) is 11.5 Å². The van der Waals surface area contributed by atoms with Crippen LogP contribution in [0.1, 0.15) is 22.3 Å². The third-order valence-corrected chi connectivity index (χ3v) is 4.97. The lowest BCUT2D eigenvalue weighted by Crippen LogP contribution is -2.19. The summed E-state index contributed by atoms with van der Waals surface area (Å²) in [6.45, 7) is 2.32.